The average molecular weight is 338 g/mol. The Bertz CT molecular complexity index is 834. The summed E-state index contributed by atoms with van der Waals surface area (Å²) in [4.78, 5) is 17.4. The van der Waals surface area contributed by atoms with Gasteiger partial charge in [-0.3, -0.25) is 4.99 Å². The van der Waals surface area contributed by atoms with Gasteiger partial charge in [-0.2, -0.15) is 0 Å². The van der Waals surface area contributed by atoms with Crippen LogP contribution in [0, 0.1) is 6.92 Å². The van der Waals surface area contributed by atoms with Gasteiger partial charge in [0.05, 0.1) is 24.8 Å². The number of rotatable bonds is 4. The molecule has 0 saturated heterocycles. The first-order valence-electron chi connectivity index (χ1n) is 8.27. The van der Waals surface area contributed by atoms with Gasteiger partial charge < -0.3 is 15.0 Å². The molecule has 0 spiro atoms. The number of aliphatic imine (C=N–C) groups is 2. The van der Waals surface area contributed by atoms with E-state index in [0.29, 0.717) is 11.7 Å². The van der Waals surface area contributed by atoms with Crippen LogP contribution in [0.25, 0.3) is 11.8 Å². The van der Waals surface area contributed by atoms with Gasteiger partial charge in [-0.05, 0) is 44.1 Å². The van der Waals surface area contributed by atoms with E-state index >= 15 is 0 Å². The molecule has 0 fully saturated rings. The molecule has 0 bridgehead atoms. The van der Waals surface area contributed by atoms with Crippen LogP contribution in [0.1, 0.15) is 30.7 Å². The van der Waals surface area contributed by atoms with E-state index in [4.69, 9.17) is 10.5 Å². The first-order valence-corrected chi connectivity index (χ1v) is 8.27. The third kappa shape index (κ3) is 4.32. The van der Waals surface area contributed by atoms with E-state index in [1.165, 1.54) is 0 Å². The Morgan fingerprint density at radius 1 is 1.36 bits per heavy atom. The lowest BCUT2D eigenvalue weighted by atomic mass is 10.2. The normalized spacial score (nSPS) is 15.4. The van der Waals surface area contributed by atoms with Gasteiger partial charge in [-0.1, -0.05) is 0 Å². The first-order chi connectivity index (χ1) is 12.2. The van der Waals surface area contributed by atoms with Crippen LogP contribution in [0.4, 0.5) is 0 Å². The number of ether oxygens (including phenoxy) is 1. The molecule has 1 aliphatic rings. The molecule has 0 saturated carbocycles. The monoisotopic (exact) mass is 338 g/mol. The summed E-state index contributed by atoms with van der Waals surface area (Å²) in [6, 6.07) is 3.83. The Labute approximate surface area is 147 Å². The molecule has 0 radical (unpaired) electrons. The number of aryl methyl sites for hydroxylation is 1. The van der Waals surface area contributed by atoms with Crippen LogP contribution in [-0.2, 0) is 0 Å². The van der Waals surface area contributed by atoms with Gasteiger partial charge in [0.25, 0.3) is 0 Å². The molecule has 2 aromatic heterocycles. The molecular weight excluding hydrogens is 316 g/mol. The number of nitrogens with zero attached hydrogens (tertiary/aromatic N) is 5. The Kier molecular flexibility index (Phi) is 5.23. The van der Waals surface area contributed by atoms with Crippen molar-refractivity contribution < 1.29 is 4.74 Å². The molecule has 7 nitrogen and oxygen atoms in total. The van der Waals surface area contributed by atoms with Crippen molar-refractivity contribution in [3.63, 3.8) is 0 Å². The van der Waals surface area contributed by atoms with Crippen LogP contribution in [0.15, 0.2) is 40.7 Å². The molecule has 1 aliphatic heterocycles. The predicted molar refractivity (Wildman–Crippen MR) is 99.5 cm³/mol. The summed E-state index contributed by atoms with van der Waals surface area (Å²) < 4.78 is 7.28. The molecule has 130 valence electrons. The third-order valence-electron chi connectivity index (χ3n) is 3.83. The molecule has 25 heavy (non-hydrogen) atoms. The van der Waals surface area contributed by atoms with Crippen LogP contribution >= 0.6 is 0 Å². The smallest absolute Gasteiger partial charge is 0.238 e. The lowest BCUT2D eigenvalue weighted by Crippen LogP contribution is -2.13. The number of imidazole rings is 1. The van der Waals surface area contributed by atoms with Crippen molar-refractivity contribution in [1.82, 2.24) is 14.5 Å². The van der Waals surface area contributed by atoms with Crippen molar-refractivity contribution in [2.24, 2.45) is 15.7 Å². The lowest BCUT2D eigenvalue weighted by Gasteiger charge is -2.09. The van der Waals surface area contributed by atoms with Crippen molar-refractivity contribution >= 4 is 17.7 Å². The summed E-state index contributed by atoms with van der Waals surface area (Å²) in [5.74, 6) is 1.77. The van der Waals surface area contributed by atoms with E-state index in [1.807, 2.05) is 35.9 Å². The molecule has 2 N–H and O–H groups in total. The highest BCUT2D eigenvalue weighted by atomic mass is 16.5. The quantitative estimate of drug-likeness (QED) is 0.685. The molecule has 3 rings (SSSR count). The van der Waals surface area contributed by atoms with Crippen molar-refractivity contribution in [2.45, 2.75) is 26.2 Å². The van der Waals surface area contributed by atoms with E-state index < -0.39 is 0 Å². The van der Waals surface area contributed by atoms with Gasteiger partial charge in [-0.15, -0.1) is 0 Å². The minimum Gasteiger partial charge on any atom is -0.479 e. The van der Waals surface area contributed by atoms with Gasteiger partial charge in [-0.25, -0.2) is 15.0 Å². The molecule has 0 aliphatic carbocycles. The van der Waals surface area contributed by atoms with E-state index in [0.717, 1.165) is 48.7 Å². The summed E-state index contributed by atoms with van der Waals surface area (Å²) in [5.41, 5.74) is 8.46. The maximum absolute atomic E-state index is 5.96. The SMILES string of the molecule is COc1nc(/C=C/C(N)=NC2=NCCCC2)ccc1-n1cnc(C)c1. The Hall–Kier alpha value is -2.96. The molecule has 0 atom stereocenters. The zero-order chi connectivity index (χ0) is 17.6. The maximum atomic E-state index is 5.96. The number of pyridine rings is 1. The molecule has 0 amide bonds. The highest BCUT2D eigenvalue weighted by Gasteiger charge is 2.08. The molecule has 3 heterocycles. The van der Waals surface area contributed by atoms with E-state index in [1.54, 1.807) is 19.5 Å². The molecule has 0 unspecified atom stereocenters. The molecule has 7 heteroatoms. The van der Waals surface area contributed by atoms with Crippen LogP contribution in [-0.4, -0.2) is 39.9 Å². The average Bonchev–Trinajstić information content (AvgIpc) is 3.06. The molecule has 2 aromatic rings. The summed E-state index contributed by atoms with van der Waals surface area (Å²) in [5, 5.41) is 0. The standard InChI is InChI=1S/C18H22N6O/c1-13-11-24(12-21-13)15-8-6-14(22-18(15)25-2)7-9-16(19)23-17-5-3-4-10-20-17/h6-9,11-12H,3-5,10H2,1-2H3,(H2,19,20,23)/b9-7+. The van der Waals surface area contributed by atoms with Crippen molar-refractivity contribution in [2.75, 3.05) is 13.7 Å². The second-order valence-electron chi connectivity index (χ2n) is 5.81. The predicted octanol–water partition coefficient (Wildman–Crippen LogP) is 2.54. The Balaban J connectivity index is 1.78. The van der Waals surface area contributed by atoms with Gasteiger partial charge in [0.15, 0.2) is 0 Å². The maximum Gasteiger partial charge on any atom is 0.238 e. The van der Waals surface area contributed by atoms with E-state index in [-0.39, 0.29) is 0 Å². The highest BCUT2D eigenvalue weighted by molar-refractivity contribution is 6.03. The second kappa shape index (κ2) is 7.74. The van der Waals surface area contributed by atoms with E-state index in [2.05, 4.69) is 20.0 Å². The summed E-state index contributed by atoms with van der Waals surface area (Å²) in [6.07, 6.45) is 10.3. The Morgan fingerprint density at radius 3 is 2.92 bits per heavy atom. The molecular formula is C18H22N6O. The van der Waals surface area contributed by atoms with E-state index in [9.17, 15) is 0 Å². The summed E-state index contributed by atoms with van der Waals surface area (Å²) in [7, 11) is 1.60. The van der Waals surface area contributed by atoms with Crippen LogP contribution in [0.3, 0.4) is 0 Å². The minimum atomic E-state index is 0.427. The number of hydrogen-bond donors (Lipinski definition) is 1. The van der Waals surface area contributed by atoms with Gasteiger partial charge in [0.2, 0.25) is 5.88 Å². The van der Waals surface area contributed by atoms with Gasteiger partial charge >= 0.3 is 0 Å². The van der Waals surface area contributed by atoms with Crippen molar-refractivity contribution in [1.29, 1.82) is 0 Å². The fourth-order valence-corrected chi connectivity index (χ4v) is 2.57. The summed E-state index contributed by atoms with van der Waals surface area (Å²) >= 11 is 0. The third-order valence-corrected chi connectivity index (χ3v) is 3.83. The number of hydrogen-bond acceptors (Lipinski definition) is 5. The lowest BCUT2D eigenvalue weighted by molar-refractivity contribution is 0.395. The Morgan fingerprint density at radius 2 is 2.24 bits per heavy atom. The zero-order valence-corrected chi connectivity index (χ0v) is 14.5. The fraction of sp³-hybridized carbons (Fsp3) is 0.333. The topological polar surface area (TPSA) is 90.7 Å². The zero-order valence-electron chi connectivity index (χ0n) is 14.5. The number of nitrogens with two attached hydrogens (primary N) is 1. The van der Waals surface area contributed by atoms with Crippen LogP contribution in [0.2, 0.25) is 0 Å². The second-order valence-corrected chi connectivity index (χ2v) is 5.81. The van der Waals surface area contributed by atoms with Gasteiger partial charge in [0, 0.05) is 19.2 Å². The van der Waals surface area contributed by atoms with Gasteiger partial charge in [0.1, 0.15) is 17.4 Å². The molecule has 0 aromatic carbocycles. The summed E-state index contributed by atoms with van der Waals surface area (Å²) in [6.45, 7) is 2.77. The first kappa shape index (κ1) is 16.9. The highest BCUT2D eigenvalue weighted by Crippen LogP contribution is 2.21. The van der Waals surface area contributed by atoms with Crippen LogP contribution in [0.5, 0.6) is 5.88 Å². The number of aromatic nitrogens is 3. The largest absolute Gasteiger partial charge is 0.479 e. The number of methoxy groups -OCH3 is 1. The van der Waals surface area contributed by atoms with Crippen molar-refractivity contribution in [3.8, 4) is 11.6 Å². The van der Waals surface area contributed by atoms with Crippen LogP contribution < -0.4 is 10.5 Å². The number of amidine groups is 2. The van der Waals surface area contributed by atoms with Crippen molar-refractivity contribution in [3.05, 3.63) is 42.1 Å². The fourth-order valence-electron chi connectivity index (χ4n) is 2.57. The minimum absolute atomic E-state index is 0.427.